The van der Waals surface area contributed by atoms with Crippen molar-refractivity contribution in [3.05, 3.63) is 99.5 Å². The van der Waals surface area contributed by atoms with Crippen LogP contribution >= 0.6 is 15.9 Å². The van der Waals surface area contributed by atoms with Gasteiger partial charge in [-0.1, -0.05) is 58.4 Å². The minimum Gasteiger partial charge on any atom is -0.487 e. The molecule has 1 fully saturated rings. The normalized spacial score (nSPS) is 25.4. The van der Waals surface area contributed by atoms with Crippen LogP contribution in [0.2, 0.25) is 0 Å². The molecule has 0 amide bonds. The molecule has 0 aromatic heterocycles. The van der Waals surface area contributed by atoms with Crippen molar-refractivity contribution in [2.45, 2.75) is 50.4 Å². The number of fused-ring (bicyclic) bond motifs is 3. The molecular weight excluding hydrogens is 480 g/mol. The van der Waals surface area contributed by atoms with Crippen LogP contribution in [0.15, 0.2) is 77.3 Å². The lowest BCUT2D eigenvalue weighted by molar-refractivity contribution is -0.158. The Kier molecular flexibility index (Phi) is 5.79. The summed E-state index contributed by atoms with van der Waals surface area (Å²) in [5.74, 6) is 0.0664. The van der Waals surface area contributed by atoms with E-state index >= 15 is 0 Å². The maximum absolute atomic E-state index is 11.7. The Bertz CT molecular complexity index is 1160. The van der Waals surface area contributed by atoms with E-state index in [0.29, 0.717) is 5.75 Å². The van der Waals surface area contributed by atoms with E-state index in [1.165, 1.54) is 11.1 Å². The van der Waals surface area contributed by atoms with Gasteiger partial charge in [-0.2, -0.15) is 0 Å². The van der Waals surface area contributed by atoms with Crippen LogP contribution in [0.25, 0.3) is 0 Å². The van der Waals surface area contributed by atoms with Gasteiger partial charge in [0.2, 0.25) is 0 Å². The molecule has 0 aliphatic carbocycles. The number of ether oxygens (including phenoxy) is 2. The van der Waals surface area contributed by atoms with Crippen molar-refractivity contribution < 1.29 is 19.4 Å². The second-order valence-corrected chi connectivity index (χ2v) is 10.5. The van der Waals surface area contributed by atoms with Gasteiger partial charge in [0.05, 0.1) is 17.8 Å². The zero-order valence-electron chi connectivity index (χ0n) is 18.7. The van der Waals surface area contributed by atoms with Crippen LogP contribution in [0.4, 0.5) is 0 Å². The van der Waals surface area contributed by atoms with Crippen LogP contribution in [-0.4, -0.2) is 22.8 Å². The third-order valence-electron chi connectivity index (χ3n) is 7.05. The molecule has 5 heteroatoms. The number of carbonyl (C=O) groups is 1. The lowest BCUT2D eigenvalue weighted by atomic mass is 9.69. The average Bonchev–Trinajstić information content (AvgIpc) is 2.79. The summed E-state index contributed by atoms with van der Waals surface area (Å²) < 4.78 is 14.4. The number of aromatic carboxylic acids is 1. The van der Waals surface area contributed by atoms with E-state index in [-0.39, 0.29) is 29.6 Å². The van der Waals surface area contributed by atoms with Gasteiger partial charge in [-0.25, -0.2) is 4.79 Å². The summed E-state index contributed by atoms with van der Waals surface area (Å²) in [5.41, 5.74) is 3.14. The molecule has 2 aliphatic rings. The Hall–Kier alpha value is -2.63. The number of halogens is 1. The van der Waals surface area contributed by atoms with E-state index < -0.39 is 11.6 Å². The minimum absolute atomic E-state index is 0.0370. The van der Waals surface area contributed by atoms with Crippen molar-refractivity contribution in [1.82, 2.24) is 0 Å². The fourth-order valence-electron chi connectivity index (χ4n) is 5.32. The SMILES string of the molecule is CC1(C)Oc2ccc(C(=O)O)cc2[C@H]2O[C@H](Cc3ccccc3)[C@@H](c3ccc(Br)cc3)C[C@@H]21. The van der Waals surface area contributed by atoms with E-state index in [0.717, 1.165) is 22.9 Å². The van der Waals surface area contributed by atoms with Gasteiger partial charge in [0.25, 0.3) is 0 Å². The smallest absolute Gasteiger partial charge is 0.335 e. The number of hydrogen-bond acceptors (Lipinski definition) is 3. The zero-order chi connectivity index (χ0) is 23.2. The Balaban J connectivity index is 1.57. The van der Waals surface area contributed by atoms with Gasteiger partial charge >= 0.3 is 5.97 Å². The van der Waals surface area contributed by atoms with E-state index in [4.69, 9.17) is 9.47 Å². The van der Waals surface area contributed by atoms with Crippen molar-refractivity contribution >= 4 is 21.9 Å². The molecule has 4 nitrogen and oxygen atoms in total. The fourth-order valence-corrected chi connectivity index (χ4v) is 5.58. The molecule has 3 aromatic rings. The molecule has 5 rings (SSSR count). The molecule has 0 radical (unpaired) electrons. The van der Waals surface area contributed by atoms with Crippen molar-refractivity contribution in [2.75, 3.05) is 0 Å². The molecule has 0 saturated carbocycles. The minimum atomic E-state index is -0.941. The monoisotopic (exact) mass is 506 g/mol. The quantitative estimate of drug-likeness (QED) is 0.423. The van der Waals surface area contributed by atoms with Crippen LogP contribution in [0.3, 0.4) is 0 Å². The average molecular weight is 507 g/mol. The number of benzene rings is 3. The van der Waals surface area contributed by atoms with Crippen molar-refractivity contribution in [3.63, 3.8) is 0 Å². The first-order valence-corrected chi connectivity index (χ1v) is 12.1. The predicted molar refractivity (Wildman–Crippen MR) is 131 cm³/mol. The number of carboxylic acid groups (broad SMARTS) is 1. The second kappa shape index (κ2) is 8.62. The largest absolute Gasteiger partial charge is 0.487 e. The van der Waals surface area contributed by atoms with Gasteiger partial charge in [0.1, 0.15) is 11.4 Å². The molecule has 0 bridgehead atoms. The summed E-state index contributed by atoms with van der Waals surface area (Å²) in [6.07, 6.45) is 1.43. The first-order valence-electron chi connectivity index (χ1n) is 11.3. The van der Waals surface area contributed by atoms with Gasteiger partial charge in [0.15, 0.2) is 0 Å². The topological polar surface area (TPSA) is 55.8 Å². The molecule has 33 heavy (non-hydrogen) atoms. The molecular formula is C28H27BrO4. The van der Waals surface area contributed by atoms with Gasteiger partial charge < -0.3 is 14.6 Å². The van der Waals surface area contributed by atoms with E-state index in [2.05, 4.69) is 78.3 Å². The first-order chi connectivity index (χ1) is 15.8. The van der Waals surface area contributed by atoms with Crippen molar-refractivity contribution in [2.24, 2.45) is 5.92 Å². The number of rotatable bonds is 4. The molecule has 4 atom stereocenters. The molecule has 2 heterocycles. The van der Waals surface area contributed by atoms with Crippen molar-refractivity contribution in [1.29, 1.82) is 0 Å². The Morgan fingerprint density at radius 3 is 2.48 bits per heavy atom. The second-order valence-electron chi connectivity index (χ2n) is 9.55. The maximum atomic E-state index is 11.7. The standard InChI is InChI=1S/C28H27BrO4/c1-28(2)23-16-21(18-8-11-20(29)12-9-18)25(14-17-6-4-3-5-7-17)32-26(23)22-15-19(27(30)31)10-13-24(22)33-28/h3-13,15,21,23,25-26H,14,16H2,1-2H3,(H,30,31)/t21-,23+,25-,26-/m1/s1. The van der Waals surface area contributed by atoms with E-state index in [1.807, 2.05) is 6.07 Å². The zero-order valence-corrected chi connectivity index (χ0v) is 20.3. The summed E-state index contributed by atoms with van der Waals surface area (Å²) in [6.45, 7) is 4.22. The van der Waals surface area contributed by atoms with E-state index in [1.54, 1.807) is 18.2 Å². The third-order valence-corrected chi connectivity index (χ3v) is 7.58. The summed E-state index contributed by atoms with van der Waals surface area (Å²) in [5, 5.41) is 9.56. The molecule has 170 valence electrons. The lowest BCUT2D eigenvalue weighted by Gasteiger charge is -2.51. The van der Waals surface area contributed by atoms with Gasteiger partial charge in [0, 0.05) is 21.9 Å². The van der Waals surface area contributed by atoms with Gasteiger partial charge in [-0.15, -0.1) is 0 Å². The Morgan fingerprint density at radius 2 is 1.79 bits per heavy atom. The summed E-state index contributed by atoms with van der Waals surface area (Å²) in [6, 6.07) is 24.0. The van der Waals surface area contributed by atoms with Crippen LogP contribution in [0.1, 0.15) is 59.3 Å². The molecule has 1 N–H and O–H groups in total. The number of carboxylic acids is 1. The molecule has 0 unspecified atom stereocenters. The van der Waals surface area contributed by atoms with Crippen LogP contribution in [0.5, 0.6) is 5.75 Å². The first kappa shape index (κ1) is 22.2. The van der Waals surface area contributed by atoms with E-state index in [9.17, 15) is 9.90 Å². The summed E-state index contributed by atoms with van der Waals surface area (Å²) >= 11 is 3.55. The maximum Gasteiger partial charge on any atom is 0.335 e. The highest BCUT2D eigenvalue weighted by atomic mass is 79.9. The molecule has 1 saturated heterocycles. The highest BCUT2D eigenvalue weighted by molar-refractivity contribution is 9.10. The fraction of sp³-hybridized carbons (Fsp3) is 0.321. The van der Waals surface area contributed by atoms with Crippen LogP contribution < -0.4 is 4.74 Å². The van der Waals surface area contributed by atoms with Gasteiger partial charge in [-0.3, -0.25) is 0 Å². The number of hydrogen-bond donors (Lipinski definition) is 1. The van der Waals surface area contributed by atoms with Crippen LogP contribution in [-0.2, 0) is 11.2 Å². The molecule has 3 aromatic carbocycles. The summed E-state index contributed by atoms with van der Waals surface area (Å²) in [4.78, 5) is 11.7. The highest BCUT2D eigenvalue weighted by Crippen LogP contribution is 2.54. The summed E-state index contributed by atoms with van der Waals surface area (Å²) in [7, 11) is 0. The molecule has 0 spiro atoms. The third kappa shape index (κ3) is 4.32. The Morgan fingerprint density at radius 1 is 1.06 bits per heavy atom. The Labute approximate surface area is 202 Å². The van der Waals surface area contributed by atoms with Crippen molar-refractivity contribution in [3.8, 4) is 5.75 Å². The van der Waals surface area contributed by atoms with Gasteiger partial charge in [-0.05, 0) is 68.1 Å². The van der Waals surface area contributed by atoms with Crippen LogP contribution in [0, 0.1) is 5.92 Å². The predicted octanol–water partition coefficient (Wildman–Crippen LogP) is 6.79. The molecule has 2 aliphatic heterocycles. The lowest BCUT2D eigenvalue weighted by Crippen LogP contribution is -2.51. The highest BCUT2D eigenvalue weighted by Gasteiger charge is 2.50.